The van der Waals surface area contributed by atoms with E-state index in [1.165, 1.54) is 11.3 Å². The molecule has 2 heterocycles. The van der Waals surface area contributed by atoms with Crippen molar-refractivity contribution in [3.05, 3.63) is 54.1 Å². The number of carbonyl (C=O) groups excluding carboxylic acids is 1. The number of amides is 1. The molecular formula is C25H33N3O3. The number of methoxy groups -OCH3 is 1. The Labute approximate surface area is 185 Å². The van der Waals surface area contributed by atoms with Gasteiger partial charge in [-0.15, -0.1) is 0 Å². The maximum atomic E-state index is 12.6. The van der Waals surface area contributed by atoms with Crippen molar-refractivity contribution in [3.63, 3.8) is 0 Å². The highest BCUT2D eigenvalue weighted by atomic mass is 16.5. The standard InChI is InChI=1S/C25H33N3O3/c1-25(2)16-21(31-23-15-20(30-3)9-10-22(23)25)17-26-24(29)18-27-11-13-28(14-12-27)19-7-5-4-6-8-19/h4-10,15,21H,11-14,16-18H2,1-3H3,(H,26,29). The van der Waals surface area contributed by atoms with Gasteiger partial charge in [-0.05, 0) is 30.0 Å². The molecular weight excluding hydrogens is 390 g/mol. The third kappa shape index (κ3) is 5.13. The van der Waals surface area contributed by atoms with Crippen molar-refractivity contribution in [1.82, 2.24) is 10.2 Å². The van der Waals surface area contributed by atoms with Crippen LogP contribution in [0, 0.1) is 0 Å². The number of fused-ring (bicyclic) bond motifs is 1. The van der Waals surface area contributed by atoms with Crippen LogP contribution in [0.1, 0.15) is 25.8 Å². The molecule has 31 heavy (non-hydrogen) atoms. The number of para-hydroxylation sites is 1. The van der Waals surface area contributed by atoms with E-state index in [4.69, 9.17) is 9.47 Å². The maximum absolute atomic E-state index is 12.6. The first-order valence-electron chi connectivity index (χ1n) is 11.1. The molecule has 0 spiro atoms. The summed E-state index contributed by atoms with van der Waals surface area (Å²) in [4.78, 5) is 17.2. The molecule has 6 heteroatoms. The lowest BCUT2D eigenvalue weighted by Gasteiger charge is -2.38. The third-order valence-corrected chi connectivity index (χ3v) is 6.34. The fraction of sp³-hybridized carbons (Fsp3) is 0.480. The Balaban J connectivity index is 1.26. The average Bonchev–Trinajstić information content (AvgIpc) is 2.78. The minimum absolute atomic E-state index is 0.0109. The van der Waals surface area contributed by atoms with Crippen molar-refractivity contribution < 1.29 is 14.3 Å². The second-order valence-electron chi connectivity index (χ2n) is 9.09. The molecule has 0 aromatic heterocycles. The highest BCUT2D eigenvalue weighted by molar-refractivity contribution is 5.78. The van der Waals surface area contributed by atoms with Crippen LogP contribution < -0.4 is 19.7 Å². The molecule has 1 unspecified atom stereocenters. The first kappa shape index (κ1) is 21.5. The summed E-state index contributed by atoms with van der Waals surface area (Å²) in [5.74, 6) is 1.70. The van der Waals surface area contributed by atoms with Gasteiger partial charge in [-0.25, -0.2) is 0 Å². The maximum Gasteiger partial charge on any atom is 0.234 e. The number of rotatable bonds is 6. The van der Waals surface area contributed by atoms with E-state index in [-0.39, 0.29) is 17.4 Å². The van der Waals surface area contributed by atoms with E-state index in [9.17, 15) is 4.79 Å². The molecule has 2 aliphatic heterocycles. The van der Waals surface area contributed by atoms with E-state index in [0.717, 1.165) is 44.1 Å². The van der Waals surface area contributed by atoms with Crippen LogP contribution in [-0.2, 0) is 10.2 Å². The molecule has 4 rings (SSSR count). The number of nitrogens with zero attached hydrogens (tertiary/aromatic N) is 2. The number of hydrogen-bond donors (Lipinski definition) is 1. The summed E-state index contributed by atoms with van der Waals surface area (Å²) in [6.45, 7) is 9.06. The number of ether oxygens (including phenoxy) is 2. The number of anilines is 1. The smallest absolute Gasteiger partial charge is 0.234 e. The van der Waals surface area contributed by atoms with Crippen molar-refractivity contribution in [2.24, 2.45) is 0 Å². The Morgan fingerprint density at radius 2 is 1.87 bits per heavy atom. The zero-order chi connectivity index (χ0) is 21.8. The van der Waals surface area contributed by atoms with Crippen molar-refractivity contribution in [2.75, 3.05) is 51.3 Å². The number of piperazine rings is 1. The number of nitrogens with one attached hydrogen (secondary N) is 1. The molecule has 0 radical (unpaired) electrons. The van der Waals surface area contributed by atoms with Crippen LogP contribution in [0.3, 0.4) is 0 Å². The van der Waals surface area contributed by atoms with E-state index in [1.807, 2.05) is 18.2 Å². The minimum Gasteiger partial charge on any atom is -0.497 e. The van der Waals surface area contributed by atoms with Gasteiger partial charge in [0, 0.05) is 43.5 Å². The summed E-state index contributed by atoms with van der Waals surface area (Å²) < 4.78 is 11.5. The third-order valence-electron chi connectivity index (χ3n) is 6.34. The lowest BCUT2D eigenvalue weighted by molar-refractivity contribution is -0.122. The molecule has 1 fully saturated rings. The predicted octanol–water partition coefficient (Wildman–Crippen LogP) is 3.06. The molecule has 2 aliphatic rings. The summed E-state index contributed by atoms with van der Waals surface area (Å²) in [6.07, 6.45) is 0.816. The quantitative estimate of drug-likeness (QED) is 0.774. The fourth-order valence-electron chi connectivity index (χ4n) is 4.59. The molecule has 6 nitrogen and oxygen atoms in total. The lowest BCUT2D eigenvalue weighted by atomic mass is 9.77. The molecule has 1 atom stereocenters. The molecule has 2 aromatic carbocycles. The highest BCUT2D eigenvalue weighted by Crippen LogP contribution is 2.42. The first-order valence-corrected chi connectivity index (χ1v) is 11.1. The van der Waals surface area contributed by atoms with E-state index < -0.39 is 0 Å². The molecule has 0 saturated carbocycles. The zero-order valence-corrected chi connectivity index (χ0v) is 18.8. The van der Waals surface area contributed by atoms with Crippen LogP contribution in [0.15, 0.2) is 48.5 Å². The van der Waals surface area contributed by atoms with Gasteiger partial charge in [-0.3, -0.25) is 9.69 Å². The zero-order valence-electron chi connectivity index (χ0n) is 18.8. The molecule has 1 N–H and O–H groups in total. The SMILES string of the molecule is COc1ccc2c(c1)OC(CNC(=O)CN1CCN(c3ccccc3)CC1)CC2(C)C. The Kier molecular flexibility index (Phi) is 6.37. The number of benzene rings is 2. The van der Waals surface area contributed by atoms with E-state index in [1.54, 1.807) is 7.11 Å². The van der Waals surface area contributed by atoms with Crippen molar-refractivity contribution in [3.8, 4) is 11.5 Å². The molecule has 1 amide bonds. The van der Waals surface area contributed by atoms with Gasteiger partial charge in [0.05, 0.1) is 20.2 Å². The van der Waals surface area contributed by atoms with Gasteiger partial charge < -0.3 is 19.7 Å². The van der Waals surface area contributed by atoms with Crippen LogP contribution >= 0.6 is 0 Å². The van der Waals surface area contributed by atoms with E-state index in [0.29, 0.717) is 13.1 Å². The van der Waals surface area contributed by atoms with Crippen LogP contribution in [0.5, 0.6) is 11.5 Å². The second kappa shape index (κ2) is 9.18. The molecule has 1 saturated heterocycles. The van der Waals surface area contributed by atoms with Gasteiger partial charge in [0.25, 0.3) is 0 Å². The lowest BCUT2D eigenvalue weighted by Crippen LogP contribution is -2.50. The second-order valence-corrected chi connectivity index (χ2v) is 9.09. The summed E-state index contributed by atoms with van der Waals surface area (Å²) >= 11 is 0. The minimum atomic E-state index is -0.0477. The van der Waals surface area contributed by atoms with Gasteiger partial charge in [0.2, 0.25) is 5.91 Å². The van der Waals surface area contributed by atoms with Crippen molar-refractivity contribution >= 4 is 11.6 Å². The normalized spacial score (nSPS) is 20.5. The summed E-state index contributed by atoms with van der Waals surface area (Å²) in [7, 11) is 1.66. The molecule has 2 aromatic rings. The Bertz CT molecular complexity index is 892. The largest absolute Gasteiger partial charge is 0.497 e. The monoisotopic (exact) mass is 423 g/mol. The highest BCUT2D eigenvalue weighted by Gasteiger charge is 2.34. The van der Waals surface area contributed by atoms with Crippen LogP contribution in [0.25, 0.3) is 0 Å². The summed E-state index contributed by atoms with van der Waals surface area (Å²) in [5.41, 5.74) is 2.43. The topological polar surface area (TPSA) is 54.0 Å². The molecule has 0 aliphatic carbocycles. The Morgan fingerprint density at radius 3 is 2.58 bits per heavy atom. The van der Waals surface area contributed by atoms with Crippen LogP contribution in [-0.4, -0.2) is 63.3 Å². The van der Waals surface area contributed by atoms with Gasteiger partial charge in [0.15, 0.2) is 0 Å². The number of carbonyl (C=O) groups is 1. The van der Waals surface area contributed by atoms with Crippen LogP contribution in [0.4, 0.5) is 5.69 Å². The van der Waals surface area contributed by atoms with E-state index >= 15 is 0 Å². The molecule has 0 bridgehead atoms. The van der Waals surface area contributed by atoms with E-state index in [2.05, 4.69) is 59.3 Å². The fourth-order valence-corrected chi connectivity index (χ4v) is 4.59. The van der Waals surface area contributed by atoms with Gasteiger partial charge in [-0.1, -0.05) is 38.1 Å². The molecule has 166 valence electrons. The van der Waals surface area contributed by atoms with Gasteiger partial charge in [0.1, 0.15) is 17.6 Å². The van der Waals surface area contributed by atoms with Crippen molar-refractivity contribution in [2.45, 2.75) is 31.8 Å². The Hall–Kier alpha value is -2.73. The van der Waals surface area contributed by atoms with Gasteiger partial charge in [-0.2, -0.15) is 0 Å². The summed E-state index contributed by atoms with van der Waals surface area (Å²) in [5, 5.41) is 3.09. The van der Waals surface area contributed by atoms with Crippen LogP contribution in [0.2, 0.25) is 0 Å². The average molecular weight is 424 g/mol. The van der Waals surface area contributed by atoms with Crippen molar-refractivity contribution in [1.29, 1.82) is 0 Å². The number of hydrogen-bond acceptors (Lipinski definition) is 5. The first-order chi connectivity index (χ1) is 14.9. The summed E-state index contributed by atoms with van der Waals surface area (Å²) in [6, 6.07) is 16.5. The predicted molar refractivity (Wildman–Crippen MR) is 123 cm³/mol. The Morgan fingerprint density at radius 1 is 1.13 bits per heavy atom. The van der Waals surface area contributed by atoms with Gasteiger partial charge >= 0.3 is 0 Å².